The highest BCUT2D eigenvalue weighted by Crippen LogP contribution is 2.37. The van der Waals surface area contributed by atoms with Gasteiger partial charge in [-0.15, -0.1) is 0 Å². The number of nitrogens with one attached hydrogen (secondary N) is 4. The van der Waals surface area contributed by atoms with Crippen molar-refractivity contribution in [3.05, 3.63) is 75.8 Å². The summed E-state index contributed by atoms with van der Waals surface area (Å²) in [6.07, 6.45) is -1.59. The van der Waals surface area contributed by atoms with Gasteiger partial charge in [0.15, 0.2) is 17.3 Å². The van der Waals surface area contributed by atoms with Gasteiger partial charge >= 0.3 is 12.1 Å². The Morgan fingerprint density at radius 2 is 1.69 bits per heavy atom. The van der Waals surface area contributed by atoms with Gasteiger partial charge in [-0.25, -0.2) is 14.4 Å². The monoisotopic (exact) mass is 829 g/mol. The number of benzene rings is 1. The number of nitrogens with two attached hydrogens (primary N) is 1. The van der Waals surface area contributed by atoms with Crippen LogP contribution in [-0.2, 0) is 22.2 Å². The Kier molecular flexibility index (Phi) is 11.7. The first kappa shape index (κ1) is 40.6. The number of piperidine rings is 1. The number of aromatic amines is 2. The number of alkyl halides is 3. The Morgan fingerprint density at radius 3 is 2.31 bits per heavy atom. The van der Waals surface area contributed by atoms with Crippen LogP contribution in [-0.4, -0.2) is 128 Å². The smallest absolute Gasteiger partial charge is 0.435 e. The number of anilines is 2. The Hall–Kier alpha value is -5.60. The fourth-order valence-electron chi connectivity index (χ4n) is 7.84. The third kappa shape index (κ3) is 8.77. The average Bonchev–Trinajstić information content (AvgIpc) is 3.81. The molecule has 0 saturated carbocycles. The fourth-order valence-corrected chi connectivity index (χ4v) is 8.10. The zero-order valence-electron chi connectivity index (χ0n) is 30.9. The van der Waals surface area contributed by atoms with Crippen LogP contribution >= 0.6 is 11.6 Å². The molecule has 0 aliphatic carbocycles. The normalized spacial score (nSPS) is 17.5. The molecule has 0 unspecified atom stereocenters. The second-order valence-electron chi connectivity index (χ2n) is 14.7. The van der Waals surface area contributed by atoms with E-state index in [4.69, 9.17) is 22.4 Å². The molecule has 4 aromatic rings. The number of likely N-dealkylation sites (tertiary alicyclic amines) is 1. The van der Waals surface area contributed by atoms with Gasteiger partial charge in [0.05, 0.1) is 34.7 Å². The predicted octanol–water partition coefficient (Wildman–Crippen LogP) is 3.35. The van der Waals surface area contributed by atoms with Crippen LogP contribution < -0.4 is 16.4 Å². The maximum absolute atomic E-state index is 14.7. The number of hydrogen-bond acceptors (Lipinski definition) is 10. The first-order valence-corrected chi connectivity index (χ1v) is 19.0. The van der Waals surface area contributed by atoms with Crippen molar-refractivity contribution in [2.45, 2.75) is 25.4 Å². The molecule has 3 saturated heterocycles. The number of H-pyrrole nitrogens is 2. The number of carboxylic acid groups (broad SMARTS) is 1. The molecule has 0 spiro atoms. The van der Waals surface area contributed by atoms with Crippen LogP contribution in [0.3, 0.4) is 0 Å². The van der Waals surface area contributed by atoms with E-state index in [2.05, 4.69) is 35.8 Å². The highest BCUT2D eigenvalue weighted by molar-refractivity contribution is 6.34. The van der Waals surface area contributed by atoms with E-state index in [-0.39, 0.29) is 75.3 Å². The molecular weight excluding hydrogens is 790 g/mol. The van der Waals surface area contributed by atoms with Gasteiger partial charge in [0.1, 0.15) is 5.69 Å². The number of nitrogens with zero attached hydrogens (tertiary/aromatic N) is 6. The lowest BCUT2D eigenvalue weighted by Crippen LogP contribution is -2.58. The lowest BCUT2D eigenvalue weighted by atomic mass is 9.73. The first-order valence-electron chi connectivity index (χ1n) is 18.6. The molecule has 3 amide bonds. The molecule has 3 aliphatic heterocycles. The van der Waals surface area contributed by atoms with Gasteiger partial charge in [-0.3, -0.25) is 29.2 Å². The first-order chi connectivity index (χ1) is 27.7. The van der Waals surface area contributed by atoms with Crippen LogP contribution in [0.25, 0.3) is 11.4 Å². The number of aliphatic carboxylic acids is 1. The number of aromatic nitrogens is 5. The van der Waals surface area contributed by atoms with E-state index in [0.717, 1.165) is 38.2 Å². The Bertz CT molecular complexity index is 2190. The molecular formula is C37H40ClF4N11O5. The average molecular weight is 830 g/mol. The van der Waals surface area contributed by atoms with Crippen LogP contribution in [0.5, 0.6) is 0 Å². The summed E-state index contributed by atoms with van der Waals surface area (Å²) in [6, 6.07) is 5.24. The summed E-state index contributed by atoms with van der Waals surface area (Å²) in [5.74, 6) is -2.89. The molecule has 6 heterocycles. The highest BCUT2D eigenvalue weighted by Gasteiger charge is 2.43. The number of amides is 3. The highest BCUT2D eigenvalue weighted by atomic mass is 35.5. The third-order valence-corrected chi connectivity index (χ3v) is 11.2. The van der Waals surface area contributed by atoms with Crippen molar-refractivity contribution in [2.75, 3.05) is 70.0 Å². The standard InChI is InChI=1S/C37H40ClF4N11O5/c38-26-13-22(48-34(56)33-46-17-23(47-33)12-25-30(49-50-32(25)37(40,41)42)31-27(39)11-21(43)16-45-31)1-2-24(26)35(57)52-7-9-53(10-8-52)36(58)29(20-14-44-15-20)19-3-5-51(6-4-19)18-28(54)55/h1-2,11,13,16-17,19-20,29,44H,3-10,12,14-15,18,43H2,(H,46,47)(H,48,56)(H,49,50)(H,54,55)/t29-/m0/s1. The van der Waals surface area contributed by atoms with E-state index in [1.165, 1.54) is 24.4 Å². The van der Waals surface area contributed by atoms with Crippen molar-refractivity contribution in [2.24, 2.45) is 17.8 Å². The maximum Gasteiger partial charge on any atom is 0.435 e. The summed E-state index contributed by atoms with van der Waals surface area (Å²) in [4.78, 5) is 67.5. The van der Waals surface area contributed by atoms with Crippen LogP contribution in [0, 0.1) is 23.6 Å². The molecule has 1 atom stereocenters. The minimum atomic E-state index is -4.89. The minimum Gasteiger partial charge on any atom is -0.480 e. The number of nitrogen functional groups attached to an aromatic ring is 1. The number of carbonyl (C=O) groups is 4. The van der Waals surface area contributed by atoms with Crippen LogP contribution in [0.4, 0.5) is 28.9 Å². The molecule has 3 aromatic heterocycles. The molecule has 21 heteroatoms. The largest absolute Gasteiger partial charge is 0.480 e. The zero-order valence-corrected chi connectivity index (χ0v) is 31.7. The number of hydrogen-bond donors (Lipinski definition) is 6. The second-order valence-corrected chi connectivity index (χ2v) is 15.1. The van der Waals surface area contributed by atoms with Crippen LogP contribution in [0.1, 0.15) is 50.8 Å². The van der Waals surface area contributed by atoms with Crippen molar-refractivity contribution in [3.8, 4) is 11.4 Å². The van der Waals surface area contributed by atoms with E-state index < -0.39 is 47.2 Å². The van der Waals surface area contributed by atoms with Gasteiger partial charge in [-0.2, -0.15) is 18.3 Å². The second kappa shape index (κ2) is 16.7. The van der Waals surface area contributed by atoms with E-state index in [0.29, 0.717) is 39.3 Å². The summed E-state index contributed by atoms with van der Waals surface area (Å²) in [5, 5.41) is 20.7. The number of rotatable bonds is 11. The molecule has 308 valence electrons. The summed E-state index contributed by atoms with van der Waals surface area (Å²) >= 11 is 6.53. The Morgan fingerprint density at radius 1 is 0.983 bits per heavy atom. The number of piperazine rings is 1. The Labute approximate surface area is 333 Å². The number of imidazole rings is 1. The van der Waals surface area contributed by atoms with E-state index in [1.807, 2.05) is 9.80 Å². The Balaban J connectivity index is 0.955. The molecule has 0 bridgehead atoms. The summed E-state index contributed by atoms with van der Waals surface area (Å²) in [7, 11) is 0. The van der Waals surface area contributed by atoms with Crippen LogP contribution in [0.15, 0.2) is 36.7 Å². The molecule has 3 fully saturated rings. The van der Waals surface area contributed by atoms with Crippen molar-refractivity contribution < 1.29 is 41.8 Å². The number of carbonyl (C=O) groups excluding carboxylic acids is 3. The van der Waals surface area contributed by atoms with E-state index in [9.17, 15) is 36.7 Å². The molecule has 7 rings (SSSR count). The molecule has 3 aliphatic rings. The third-order valence-electron chi connectivity index (χ3n) is 10.9. The van der Waals surface area contributed by atoms with Crippen molar-refractivity contribution in [1.82, 2.24) is 45.2 Å². The van der Waals surface area contributed by atoms with Crippen LogP contribution in [0.2, 0.25) is 5.02 Å². The van der Waals surface area contributed by atoms with Gasteiger partial charge in [-0.1, -0.05) is 11.6 Å². The summed E-state index contributed by atoms with van der Waals surface area (Å²) in [6.45, 7) is 4.07. The van der Waals surface area contributed by atoms with Gasteiger partial charge < -0.3 is 36.3 Å². The molecule has 58 heavy (non-hydrogen) atoms. The predicted molar refractivity (Wildman–Crippen MR) is 201 cm³/mol. The number of pyridine rings is 1. The number of carboxylic acids is 1. The zero-order chi connectivity index (χ0) is 41.3. The molecule has 1 aromatic carbocycles. The van der Waals surface area contributed by atoms with Crippen molar-refractivity contribution >= 4 is 46.7 Å². The van der Waals surface area contributed by atoms with Crippen molar-refractivity contribution in [1.29, 1.82) is 0 Å². The van der Waals surface area contributed by atoms with E-state index >= 15 is 0 Å². The maximum atomic E-state index is 14.7. The van der Waals surface area contributed by atoms with Crippen molar-refractivity contribution in [3.63, 3.8) is 0 Å². The number of halogens is 5. The van der Waals surface area contributed by atoms with Gasteiger partial charge in [-0.05, 0) is 69.1 Å². The quantitative estimate of drug-likeness (QED) is 0.121. The topological polar surface area (TPSA) is 219 Å². The minimum absolute atomic E-state index is 0.00848. The van der Waals surface area contributed by atoms with Gasteiger partial charge in [0.25, 0.3) is 11.8 Å². The lowest BCUT2D eigenvalue weighted by Gasteiger charge is -2.45. The van der Waals surface area contributed by atoms with Gasteiger partial charge in [0.2, 0.25) is 5.91 Å². The van der Waals surface area contributed by atoms with Gasteiger partial charge in [0, 0.05) is 67.7 Å². The summed E-state index contributed by atoms with van der Waals surface area (Å²) in [5.41, 5.74) is 3.55. The van der Waals surface area contributed by atoms with E-state index in [1.54, 1.807) is 4.90 Å². The summed E-state index contributed by atoms with van der Waals surface area (Å²) < 4.78 is 56.3. The molecule has 16 nitrogen and oxygen atoms in total. The lowest BCUT2D eigenvalue weighted by molar-refractivity contribution is -0.144. The molecule has 0 radical (unpaired) electrons. The fraction of sp³-hybridized carbons (Fsp3) is 0.432. The SMILES string of the molecule is Nc1cnc(-c2[nH]nc(C(F)(F)F)c2Cc2cnc(C(=O)Nc3ccc(C(=O)N4CCN(C(=O)[C@@H](C5CCN(CC(=O)O)CC5)C5CNC5)CC4)c(Cl)c3)[nH]2)c(F)c1. The molecule has 7 N–H and O–H groups in total.